The van der Waals surface area contributed by atoms with Crippen LogP contribution in [0.2, 0.25) is 0 Å². The van der Waals surface area contributed by atoms with E-state index in [0.29, 0.717) is 17.7 Å². The van der Waals surface area contributed by atoms with E-state index in [-0.39, 0.29) is 18.4 Å². The second-order valence-corrected chi connectivity index (χ2v) is 6.34. The minimum Gasteiger partial charge on any atom is -0.342 e. The van der Waals surface area contributed by atoms with Crippen molar-refractivity contribution >= 4 is 18.3 Å². The van der Waals surface area contributed by atoms with E-state index >= 15 is 0 Å². The van der Waals surface area contributed by atoms with Crippen LogP contribution in [-0.2, 0) is 4.79 Å². The number of rotatable bonds is 2. The second kappa shape index (κ2) is 7.49. The fourth-order valence-corrected chi connectivity index (χ4v) is 3.44. The van der Waals surface area contributed by atoms with Crippen molar-refractivity contribution in [2.24, 2.45) is 23.5 Å². The number of likely N-dealkylation sites (tertiary alicyclic amines) is 1. The van der Waals surface area contributed by atoms with E-state index in [1.165, 1.54) is 19.3 Å². The molecule has 3 nitrogen and oxygen atoms in total. The first kappa shape index (κ1) is 16.8. The van der Waals surface area contributed by atoms with E-state index in [0.717, 1.165) is 38.3 Å². The number of amides is 1. The number of nitrogens with two attached hydrogens (primary N) is 1. The first-order valence-corrected chi connectivity index (χ1v) is 7.66. The van der Waals surface area contributed by atoms with E-state index in [1.807, 2.05) is 0 Å². The maximum atomic E-state index is 12.5. The molecular weight excluding hydrogens is 260 g/mol. The van der Waals surface area contributed by atoms with Crippen molar-refractivity contribution in [3.63, 3.8) is 0 Å². The first-order valence-electron chi connectivity index (χ1n) is 7.66. The molecule has 112 valence electrons. The van der Waals surface area contributed by atoms with Gasteiger partial charge in [-0.25, -0.2) is 0 Å². The summed E-state index contributed by atoms with van der Waals surface area (Å²) in [6, 6.07) is 0.282. The van der Waals surface area contributed by atoms with Gasteiger partial charge in [-0.15, -0.1) is 12.4 Å². The van der Waals surface area contributed by atoms with E-state index in [1.54, 1.807) is 0 Å². The Labute approximate surface area is 123 Å². The van der Waals surface area contributed by atoms with Crippen LogP contribution in [0.1, 0.15) is 52.4 Å². The molecule has 2 N–H and O–H groups in total. The standard InChI is InChI=1S/C15H28N2O.ClH/c1-3-12-4-6-13(7-5-12)15(18)17-9-8-14(16)11(2)10-17;/h11-14H,3-10,16H2,1-2H3;1H. The molecule has 0 aromatic rings. The van der Waals surface area contributed by atoms with Gasteiger partial charge in [0.25, 0.3) is 0 Å². The summed E-state index contributed by atoms with van der Waals surface area (Å²) >= 11 is 0. The van der Waals surface area contributed by atoms with E-state index in [4.69, 9.17) is 5.73 Å². The van der Waals surface area contributed by atoms with Crippen LogP contribution in [0.25, 0.3) is 0 Å². The SMILES string of the molecule is CCC1CCC(C(=O)N2CCC(N)C(C)C2)CC1.Cl. The van der Waals surface area contributed by atoms with Gasteiger partial charge in [-0.05, 0) is 43.9 Å². The third-order valence-electron chi connectivity index (χ3n) is 5.06. The average Bonchev–Trinajstić information content (AvgIpc) is 2.41. The lowest BCUT2D eigenvalue weighted by Crippen LogP contribution is -2.50. The zero-order valence-electron chi connectivity index (χ0n) is 12.3. The number of hydrogen-bond acceptors (Lipinski definition) is 2. The van der Waals surface area contributed by atoms with Gasteiger partial charge in [-0.3, -0.25) is 4.79 Å². The zero-order valence-corrected chi connectivity index (χ0v) is 13.1. The number of piperidine rings is 1. The summed E-state index contributed by atoms with van der Waals surface area (Å²) in [7, 11) is 0. The van der Waals surface area contributed by atoms with Crippen LogP contribution in [0, 0.1) is 17.8 Å². The molecule has 2 aliphatic rings. The molecule has 19 heavy (non-hydrogen) atoms. The monoisotopic (exact) mass is 288 g/mol. The van der Waals surface area contributed by atoms with Gasteiger partial charge >= 0.3 is 0 Å². The lowest BCUT2D eigenvalue weighted by Gasteiger charge is -2.38. The Morgan fingerprint density at radius 1 is 1.21 bits per heavy atom. The summed E-state index contributed by atoms with van der Waals surface area (Å²) in [6.45, 7) is 6.17. The number of nitrogens with zero attached hydrogens (tertiary/aromatic N) is 1. The van der Waals surface area contributed by atoms with Gasteiger partial charge in [-0.1, -0.05) is 20.3 Å². The summed E-state index contributed by atoms with van der Waals surface area (Å²) in [4.78, 5) is 14.6. The highest BCUT2D eigenvalue weighted by atomic mass is 35.5. The summed E-state index contributed by atoms with van der Waals surface area (Å²) in [6.07, 6.45) is 6.95. The van der Waals surface area contributed by atoms with E-state index < -0.39 is 0 Å². The maximum absolute atomic E-state index is 12.5. The molecule has 4 heteroatoms. The molecule has 0 radical (unpaired) electrons. The smallest absolute Gasteiger partial charge is 0.225 e. The molecule has 1 amide bonds. The minimum atomic E-state index is 0. The molecule has 2 atom stereocenters. The van der Waals surface area contributed by atoms with Gasteiger partial charge in [0, 0.05) is 25.0 Å². The van der Waals surface area contributed by atoms with Crippen LogP contribution in [0.5, 0.6) is 0 Å². The quantitative estimate of drug-likeness (QED) is 0.849. The van der Waals surface area contributed by atoms with Crippen molar-refractivity contribution in [2.75, 3.05) is 13.1 Å². The summed E-state index contributed by atoms with van der Waals surface area (Å²) in [5.41, 5.74) is 6.02. The van der Waals surface area contributed by atoms with E-state index in [9.17, 15) is 4.79 Å². The van der Waals surface area contributed by atoms with Gasteiger partial charge in [0.2, 0.25) is 5.91 Å². The van der Waals surface area contributed by atoms with Crippen LogP contribution in [-0.4, -0.2) is 29.9 Å². The molecule has 0 aromatic heterocycles. The summed E-state index contributed by atoms with van der Waals surface area (Å²) in [5.74, 6) is 2.02. The Kier molecular flexibility index (Phi) is 6.61. The van der Waals surface area contributed by atoms with Crippen LogP contribution in [0.15, 0.2) is 0 Å². The van der Waals surface area contributed by atoms with Crippen molar-refractivity contribution in [3.05, 3.63) is 0 Å². The number of halogens is 1. The Balaban J connectivity index is 0.00000180. The molecule has 1 aliphatic heterocycles. The fraction of sp³-hybridized carbons (Fsp3) is 0.933. The third-order valence-corrected chi connectivity index (χ3v) is 5.06. The predicted molar refractivity (Wildman–Crippen MR) is 81.3 cm³/mol. The first-order chi connectivity index (χ1) is 8.61. The molecule has 1 heterocycles. The molecule has 0 spiro atoms. The van der Waals surface area contributed by atoms with Crippen molar-refractivity contribution in [1.82, 2.24) is 4.90 Å². The number of carbonyl (C=O) groups is 1. The highest BCUT2D eigenvalue weighted by Gasteiger charge is 2.32. The average molecular weight is 289 g/mol. The van der Waals surface area contributed by atoms with Crippen LogP contribution >= 0.6 is 12.4 Å². The Hall–Kier alpha value is -0.280. The van der Waals surface area contributed by atoms with Gasteiger partial charge in [0.15, 0.2) is 0 Å². The van der Waals surface area contributed by atoms with Crippen LogP contribution < -0.4 is 5.73 Å². The molecule has 1 saturated heterocycles. The lowest BCUT2D eigenvalue weighted by atomic mass is 9.80. The van der Waals surface area contributed by atoms with Gasteiger partial charge < -0.3 is 10.6 Å². The summed E-state index contributed by atoms with van der Waals surface area (Å²) in [5, 5.41) is 0. The highest BCUT2D eigenvalue weighted by Crippen LogP contribution is 2.32. The Bertz CT molecular complexity index is 290. The molecular formula is C15H29ClN2O. The van der Waals surface area contributed by atoms with Crippen molar-refractivity contribution < 1.29 is 4.79 Å². The number of carbonyl (C=O) groups excluding carboxylic acids is 1. The molecule has 2 fully saturated rings. The second-order valence-electron chi connectivity index (χ2n) is 6.34. The third kappa shape index (κ3) is 4.09. The molecule has 1 saturated carbocycles. The normalized spacial score (nSPS) is 35.6. The van der Waals surface area contributed by atoms with Crippen molar-refractivity contribution in [2.45, 2.75) is 58.4 Å². The molecule has 2 unspecified atom stereocenters. The lowest BCUT2D eigenvalue weighted by molar-refractivity contribution is -0.138. The van der Waals surface area contributed by atoms with Crippen LogP contribution in [0.3, 0.4) is 0 Å². The number of hydrogen-bond donors (Lipinski definition) is 1. The predicted octanol–water partition coefficient (Wildman–Crippen LogP) is 2.82. The van der Waals surface area contributed by atoms with Gasteiger partial charge in [0.05, 0.1) is 0 Å². The van der Waals surface area contributed by atoms with Gasteiger partial charge in [-0.2, -0.15) is 0 Å². The highest BCUT2D eigenvalue weighted by molar-refractivity contribution is 5.85. The largest absolute Gasteiger partial charge is 0.342 e. The Morgan fingerprint density at radius 3 is 2.37 bits per heavy atom. The topological polar surface area (TPSA) is 46.3 Å². The van der Waals surface area contributed by atoms with Gasteiger partial charge in [0.1, 0.15) is 0 Å². The zero-order chi connectivity index (χ0) is 13.1. The minimum absolute atomic E-state index is 0. The fourth-order valence-electron chi connectivity index (χ4n) is 3.44. The summed E-state index contributed by atoms with van der Waals surface area (Å²) < 4.78 is 0. The molecule has 2 rings (SSSR count). The molecule has 0 aromatic carbocycles. The van der Waals surface area contributed by atoms with Crippen molar-refractivity contribution in [1.29, 1.82) is 0 Å². The molecule has 0 bridgehead atoms. The Morgan fingerprint density at radius 2 is 1.84 bits per heavy atom. The van der Waals surface area contributed by atoms with E-state index in [2.05, 4.69) is 18.7 Å². The van der Waals surface area contributed by atoms with Crippen molar-refractivity contribution in [3.8, 4) is 0 Å². The van der Waals surface area contributed by atoms with Crippen LogP contribution in [0.4, 0.5) is 0 Å². The molecule has 1 aliphatic carbocycles. The maximum Gasteiger partial charge on any atom is 0.225 e.